The summed E-state index contributed by atoms with van der Waals surface area (Å²) >= 11 is 4.91. The zero-order valence-corrected chi connectivity index (χ0v) is 10.3. The Morgan fingerprint density at radius 3 is 2.24 bits per heavy atom. The molecule has 0 saturated carbocycles. The van der Waals surface area contributed by atoms with Gasteiger partial charge in [0.25, 0.3) is 0 Å². The van der Waals surface area contributed by atoms with Crippen LogP contribution in [0.2, 0.25) is 0 Å². The molecule has 94 valence electrons. The molecule has 0 spiro atoms. The normalized spacial score (nSPS) is 10.5. The third-order valence-electron chi connectivity index (χ3n) is 1.91. The molecule has 0 aliphatic heterocycles. The van der Waals surface area contributed by atoms with Crippen molar-refractivity contribution in [1.29, 1.82) is 0 Å². The Morgan fingerprint density at radius 2 is 1.76 bits per heavy atom. The first-order chi connectivity index (χ1) is 7.90. The van der Waals surface area contributed by atoms with Crippen molar-refractivity contribution in [3.63, 3.8) is 0 Å². The van der Waals surface area contributed by atoms with Gasteiger partial charge in [-0.25, -0.2) is 13.2 Å². The van der Waals surface area contributed by atoms with Crippen molar-refractivity contribution >= 4 is 23.0 Å². The van der Waals surface area contributed by atoms with Crippen LogP contribution in [0.3, 0.4) is 0 Å². The van der Waals surface area contributed by atoms with E-state index in [4.69, 9.17) is 12.2 Å². The number of nitrogens with one attached hydrogen (secondary N) is 2. The molecule has 2 nitrogen and oxygen atoms in total. The Balaban J connectivity index is 2.66. The van der Waals surface area contributed by atoms with Gasteiger partial charge >= 0.3 is 0 Å². The highest BCUT2D eigenvalue weighted by atomic mass is 32.1. The van der Waals surface area contributed by atoms with Gasteiger partial charge in [0, 0.05) is 24.4 Å². The van der Waals surface area contributed by atoms with E-state index in [0.29, 0.717) is 12.5 Å². The van der Waals surface area contributed by atoms with Gasteiger partial charge in [-0.05, 0) is 18.1 Å². The summed E-state index contributed by atoms with van der Waals surface area (Å²) < 4.78 is 38.4. The highest BCUT2D eigenvalue weighted by molar-refractivity contribution is 7.80. The number of anilines is 1. The van der Waals surface area contributed by atoms with Crippen molar-refractivity contribution in [3.8, 4) is 0 Å². The highest BCUT2D eigenvalue weighted by Crippen LogP contribution is 2.17. The molecule has 0 aliphatic carbocycles. The van der Waals surface area contributed by atoms with E-state index in [0.717, 1.165) is 12.1 Å². The van der Waals surface area contributed by atoms with Crippen LogP contribution in [0.1, 0.15) is 13.8 Å². The minimum atomic E-state index is -1.49. The minimum Gasteiger partial charge on any atom is -0.362 e. The second-order valence-corrected chi connectivity index (χ2v) is 4.39. The van der Waals surface area contributed by atoms with E-state index in [1.807, 2.05) is 13.8 Å². The second kappa shape index (κ2) is 5.86. The van der Waals surface area contributed by atoms with Crippen molar-refractivity contribution in [1.82, 2.24) is 5.32 Å². The monoisotopic (exact) mass is 262 g/mol. The van der Waals surface area contributed by atoms with Crippen LogP contribution in [0.25, 0.3) is 0 Å². The fourth-order valence-electron chi connectivity index (χ4n) is 1.10. The smallest absolute Gasteiger partial charge is 0.194 e. The number of hydrogen-bond acceptors (Lipinski definition) is 1. The van der Waals surface area contributed by atoms with E-state index in [2.05, 4.69) is 10.6 Å². The Morgan fingerprint density at radius 1 is 1.24 bits per heavy atom. The fourth-order valence-corrected chi connectivity index (χ4v) is 1.30. The first kappa shape index (κ1) is 13.8. The molecule has 17 heavy (non-hydrogen) atoms. The van der Waals surface area contributed by atoms with E-state index < -0.39 is 17.5 Å². The molecule has 0 fully saturated rings. The lowest BCUT2D eigenvalue weighted by Crippen LogP contribution is -2.31. The predicted octanol–water partition coefficient (Wildman–Crippen LogP) is 3.05. The van der Waals surface area contributed by atoms with Crippen molar-refractivity contribution in [2.45, 2.75) is 13.8 Å². The Kier molecular flexibility index (Phi) is 4.74. The van der Waals surface area contributed by atoms with Gasteiger partial charge in [0.1, 0.15) is 0 Å². The fraction of sp³-hybridized carbons (Fsp3) is 0.364. The quantitative estimate of drug-likeness (QED) is 0.646. The zero-order valence-electron chi connectivity index (χ0n) is 9.48. The standard InChI is InChI=1S/C11H13F3N2S/c1-6(2)5-15-11(17)16-7-3-8(12)10(14)9(13)4-7/h3-4,6H,5H2,1-2H3,(H2,15,16,17). The predicted molar refractivity (Wildman–Crippen MR) is 65.4 cm³/mol. The molecule has 1 rings (SSSR count). The van der Waals surface area contributed by atoms with E-state index in [1.165, 1.54) is 0 Å². The lowest BCUT2D eigenvalue weighted by Gasteiger charge is -2.12. The zero-order chi connectivity index (χ0) is 13.0. The largest absolute Gasteiger partial charge is 0.362 e. The molecule has 1 aromatic rings. The number of benzene rings is 1. The van der Waals surface area contributed by atoms with Gasteiger partial charge in [-0.3, -0.25) is 0 Å². The summed E-state index contributed by atoms with van der Waals surface area (Å²) in [6.45, 7) is 4.62. The number of thiocarbonyl (C=S) groups is 1. The molecular weight excluding hydrogens is 249 g/mol. The van der Waals surface area contributed by atoms with Crippen LogP contribution in [0, 0.1) is 23.4 Å². The molecule has 0 bridgehead atoms. The molecule has 0 unspecified atom stereocenters. The summed E-state index contributed by atoms with van der Waals surface area (Å²) in [7, 11) is 0. The third-order valence-corrected chi connectivity index (χ3v) is 2.16. The molecule has 0 atom stereocenters. The summed E-state index contributed by atoms with van der Waals surface area (Å²) in [6.07, 6.45) is 0. The van der Waals surface area contributed by atoms with Crippen molar-refractivity contribution in [2.24, 2.45) is 5.92 Å². The van der Waals surface area contributed by atoms with Gasteiger partial charge < -0.3 is 10.6 Å². The third kappa shape index (κ3) is 4.22. The molecule has 0 heterocycles. The van der Waals surface area contributed by atoms with Crippen LogP contribution in [0.5, 0.6) is 0 Å². The van der Waals surface area contributed by atoms with Crippen LogP contribution >= 0.6 is 12.2 Å². The van der Waals surface area contributed by atoms with Gasteiger partial charge in [-0.1, -0.05) is 13.8 Å². The van der Waals surface area contributed by atoms with Crippen LogP contribution < -0.4 is 10.6 Å². The molecule has 0 aromatic heterocycles. The number of halogens is 3. The summed E-state index contributed by atoms with van der Waals surface area (Å²) in [6, 6.07) is 1.70. The number of rotatable bonds is 3. The van der Waals surface area contributed by atoms with E-state index in [-0.39, 0.29) is 10.8 Å². The Labute approximate surface area is 103 Å². The van der Waals surface area contributed by atoms with E-state index >= 15 is 0 Å². The number of hydrogen-bond donors (Lipinski definition) is 2. The molecule has 1 aromatic carbocycles. The summed E-state index contributed by atoms with van der Waals surface area (Å²) in [5.41, 5.74) is 0.0719. The SMILES string of the molecule is CC(C)CNC(=S)Nc1cc(F)c(F)c(F)c1. The molecule has 0 aliphatic rings. The van der Waals surface area contributed by atoms with E-state index in [9.17, 15) is 13.2 Å². The lowest BCUT2D eigenvalue weighted by molar-refractivity contribution is 0.448. The van der Waals surface area contributed by atoms with Crippen LogP contribution in [0.4, 0.5) is 18.9 Å². The van der Waals surface area contributed by atoms with Crippen molar-refractivity contribution in [2.75, 3.05) is 11.9 Å². The average Bonchev–Trinajstić information content (AvgIpc) is 2.23. The Bertz CT molecular complexity index is 398. The average molecular weight is 262 g/mol. The van der Waals surface area contributed by atoms with Gasteiger partial charge in [0.15, 0.2) is 22.6 Å². The van der Waals surface area contributed by atoms with Crippen molar-refractivity contribution < 1.29 is 13.2 Å². The summed E-state index contributed by atoms with van der Waals surface area (Å²) in [5, 5.41) is 5.69. The second-order valence-electron chi connectivity index (χ2n) is 3.98. The van der Waals surface area contributed by atoms with Crippen molar-refractivity contribution in [3.05, 3.63) is 29.6 Å². The van der Waals surface area contributed by atoms with Crippen LogP contribution in [-0.2, 0) is 0 Å². The molecular formula is C11H13F3N2S. The maximum atomic E-state index is 12.9. The first-order valence-corrected chi connectivity index (χ1v) is 5.50. The van der Waals surface area contributed by atoms with Crippen LogP contribution in [-0.4, -0.2) is 11.7 Å². The van der Waals surface area contributed by atoms with Gasteiger partial charge in [-0.15, -0.1) is 0 Å². The molecule has 0 saturated heterocycles. The molecule has 2 N–H and O–H groups in total. The van der Waals surface area contributed by atoms with Gasteiger partial charge in [-0.2, -0.15) is 0 Å². The van der Waals surface area contributed by atoms with E-state index in [1.54, 1.807) is 0 Å². The lowest BCUT2D eigenvalue weighted by atomic mass is 10.2. The highest BCUT2D eigenvalue weighted by Gasteiger charge is 2.11. The van der Waals surface area contributed by atoms with Gasteiger partial charge in [0.2, 0.25) is 0 Å². The molecule has 0 amide bonds. The first-order valence-electron chi connectivity index (χ1n) is 5.09. The van der Waals surface area contributed by atoms with Gasteiger partial charge in [0.05, 0.1) is 0 Å². The summed E-state index contributed by atoms with van der Waals surface area (Å²) in [5.74, 6) is -3.61. The minimum absolute atomic E-state index is 0.0719. The van der Waals surface area contributed by atoms with Crippen LogP contribution in [0.15, 0.2) is 12.1 Å². The summed E-state index contributed by atoms with van der Waals surface area (Å²) in [4.78, 5) is 0. The topological polar surface area (TPSA) is 24.1 Å². The Hall–Kier alpha value is -1.30. The molecule has 6 heteroatoms. The maximum Gasteiger partial charge on any atom is 0.194 e. The maximum absolute atomic E-state index is 12.9. The molecule has 0 radical (unpaired) electrons.